The quantitative estimate of drug-likeness (QED) is 0.774. The average molecular weight is 317 g/mol. The molecule has 0 atom stereocenters. The molecule has 2 aromatic heterocycles. The van der Waals surface area contributed by atoms with Crippen LogP contribution < -0.4 is 0 Å². The van der Waals surface area contributed by atoms with E-state index in [2.05, 4.69) is 31.0 Å². The molecule has 0 aliphatic rings. The van der Waals surface area contributed by atoms with Gasteiger partial charge in [0.2, 0.25) is 15.0 Å². The van der Waals surface area contributed by atoms with Gasteiger partial charge >= 0.3 is 0 Å². The first-order valence-corrected chi connectivity index (χ1v) is 7.29. The smallest absolute Gasteiger partial charge is 0.247 e. The Morgan fingerprint density at radius 2 is 2.12 bits per heavy atom. The molecule has 0 saturated carbocycles. The molecular weight excluding hydrogens is 308 g/mol. The zero-order chi connectivity index (χ0) is 12.6. The van der Waals surface area contributed by atoms with Crippen molar-refractivity contribution in [2.45, 2.75) is 5.16 Å². The lowest BCUT2D eigenvalue weighted by Crippen LogP contribution is -2.04. The van der Waals surface area contributed by atoms with Crippen molar-refractivity contribution < 1.29 is 8.42 Å². The van der Waals surface area contributed by atoms with Crippen LogP contribution in [0.2, 0.25) is 0 Å². The summed E-state index contributed by atoms with van der Waals surface area (Å²) in [5.74, 6) is 0. The summed E-state index contributed by atoms with van der Waals surface area (Å²) < 4.78 is 25.1. The Hall–Kier alpha value is -1.28. The molecule has 2 heterocycles. The zero-order valence-electron chi connectivity index (χ0n) is 9.12. The van der Waals surface area contributed by atoms with Gasteiger partial charge in [-0.05, 0) is 22.0 Å². The van der Waals surface area contributed by atoms with Crippen LogP contribution in [0.3, 0.4) is 0 Å². The van der Waals surface area contributed by atoms with Crippen molar-refractivity contribution >= 4 is 25.8 Å². The summed E-state index contributed by atoms with van der Waals surface area (Å²) in [6, 6.07) is 1.64. The highest BCUT2D eigenvalue weighted by atomic mass is 79.9. The molecule has 2 aromatic rings. The summed E-state index contributed by atoms with van der Waals surface area (Å²) in [5, 5.41) is 3.86. The van der Waals surface area contributed by atoms with Gasteiger partial charge in [-0.1, -0.05) is 0 Å². The monoisotopic (exact) mass is 316 g/mol. The van der Waals surface area contributed by atoms with Crippen LogP contribution in [0.25, 0.3) is 11.3 Å². The number of nitrogens with zero attached hydrogens (tertiary/aromatic N) is 4. The van der Waals surface area contributed by atoms with E-state index in [1.54, 1.807) is 24.0 Å². The SMILES string of the molecule is Cn1ncc(-c2ccnc(S(C)(=O)=O)n2)c1Br. The van der Waals surface area contributed by atoms with Gasteiger partial charge in [0.15, 0.2) is 0 Å². The van der Waals surface area contributed by atoms with Crippen molar-refractivity contribution in [1.29, 1.82) is 0 Å². The Balaban J connectivity index is 2.58. The Morgan fingerprint density at radius 3 is 2.65 bits per heavy atom. The fraction of sp³-hybridized carbons (Fsp3) is 0.222. The summed E-state index contributed by atoms with van der Waals surface area (Å²) in [4.78, 5) is 7.74. The van der Waals surface area contributed by atoms with Crippen LogP contribution in [0.5, 0.6) is 0 Å². The molecule has 0 unspecified atom stereocenters. The molecule has 0 aliphatic heterocycles. The summed E-state index contributed by atoms with van der Waals surface area (Å²) in [7, 11) is -1.63. The summed E-state index contributed by atoms with van der Waals surface area (Å²) in [6.07, 6.45) is 4.10. The first kappa shape index (κ1) is 12.2. The predicted octanol–water partition coefficient (Wildman–Crippen LogP) is 1.04. The minimum absolute atomic E-state index is 0.189. The second-order valence-electron chi connectivity index (χ2n) is 3.47. The lowest BCUT2D eigenvalue weighted by atomic mass is 10.2. The second-order valence-corrected chi connectivity index (χ2v) is 6.13. The summed E-state index contributed by atoms with van der Waals surface area (Å²) >= 11 is 3.35. The number of hydrogen-bond donors (Lipinski definition) is 0. The molecule has 0 saturated heterocycles. The lowest BCUT2D eigenvalue weighted by molar-refractivity contribution is 0.593. The van der Waals surface area contributed by atoms with Gasteiger partial charge in [0.1, 0.15) is 4.60 Å². The Kier molecular flexibility index (Phi) is 3.00. The van der Waals surface area contributed by atoms with Crippen molar-refractivity contribution in [2.24, 2.45) is 7.05 Å². The minimum atomic E-state index is -3.40. The summed E-state index contributed by atoms with van der Waals surface area (Å²) in [5.41, 5.74) is 1.24. The van der Waals surface area contributed by atoms with E-state index in [-0.39, 0.29) is 5.16 Å². The van der Waals surface area contributed by atoms with Gasteiger partial charge in [-0.2, -0.15) is 5.10 Å². The van der Waals surface area contributed by atoms with Gasteiger partial charge in [0, 0.05) is 19.5 Å². The van der Waals surface area contributed by atoms with Crippen LogP contribution in [0.4, 0.5) is 0 Å². The van der Waals surface area contributed by atoms with Crippen LogP contribution in [0, 0.1) is 0 Å². The topological polar surface area (TPSA) is 77.7 Å². The van der Waals surface area contributed by atoms with Gasteiger partial charge in [-0.3, -0.25) is 4.68 Å². The van der Waals surface area contributed by atoms with Gasteiger partial charge in [-0.15, -0.1) is 0 Å². The molecule has 0 N–H and O–H groups in total. The number of rotatable bonds is 2. The van der Waals surface area contributed by atoms with Crippen molar-refractivity contribution in [3.63, 3.8) is 0 Å². The number of sulfone groups is 1. The molecule has 2 rings (SSSR count). The molecule has 17 heavy (non-hydrogen) atoms. The number of hydrogen-bond acceptors (Lipinski definition) is 5. The van der Waals surface area contributed by atoms with Crippen molar-refractivity contribution in [2.75, 3.05) is 6.26 Å². The molecule has 90 valence electrons. The second kappa shape index (κ2) is 4.19. The summed E-state index contributed by atoms with van der Waals surface area (Å²) in [6.45, 7) is 0. The van der Waals surface area contributed by atoms with Crippen molar-refractivity contribution in [3.8, 4) is 11.3 Å². The van der Waals surface area contributed by atoms with Gasteiger partial charge in [0.25, 0.3) is 0 Å². The Bertz CT molecular complexity index is 665. The Morgan fingerprint density at radius 1 is 1.41 bits per heavy atom. The highest BCUT2D eigenvalue weighted by molar-refractivity contribution is 9.10. The first-order valence-electron chi connectivity index (χ1n) is 4.60. The average Bonchev–Trinajstić information content (AvgIpc) is 2.59. The lowest BCUT2D eigenvalue weighted by Gasteiger charge is -2.01. The van der Waals surface area contributed by atoms with Crippen molar-refractivity contribution in [3.05, 3.63) is 23.1 Å². The molecule has 0 aliphatic carbocycles. The fourth-order valence-corrected chi connectivity index (χ4v) is 2.18. The third-order valence-corrected chi connectivity index (χ3v) is 3.91. The van der Waals surface area contributed by atoms with E-state index < -0.39 is 9.84 Å². The third-order valence-electron chi connectivity index (χ3n) is 2.11. The molecule has 8 heteroatoms. The van der Waals surface area contributed by atoms with E-state index >= 15 is 0 Å². The van der Waals surface area contributed by atoms with Crippen LogP contribution >= 0.6 is 15.9 Å². The minimum Gasteiger partial charge on any atom is -0.261 e. The maximum Gasteiger partial charge on any atom is 0.247 e. The number of halogens is 1. The van der Waals surface area contributed by atoms with Gasteiger partial charge in [-0.25, -0.2) is 18.4 Å². The molecule has 0 aromatic carbocycles. The number of aryl methyl sites for hydroxylation is 1. The van der Waals surface area contributed by atoms with Crippen LogP contribution in [-0.4, -0.2) is 34.4 Å². The van der Waals surface area contributed by atoms with Gasteiger partial charge < -0.3 is 0 Å². The van der Waals surface area contributed by atoms with E-state index in [1.165, 1.54) is 6.20 Å². The maximum absolute atomic E-state index is 11.3. The highest BCUT2D eigenvalue weighted by Gasteiger charge is 2.14. The largest absolute Gasteiger partial charge is 0.261 e. The van der Waals surface area contributed by atoms with E-state index in [0.717, 1.165) is 16.4 Å². The molecule has 6 nitrogen and oxygen atoms in total. The van der Waals surface area contributed by atoms with E-state index in [4.69, 9.17) is 0 Å². The van der Waals surface area contributed by atoms with Crippen LogP contribution in [-0.2, 0) is 16.9 Å². The maximum atomic E-state index is 11.3. The molecule has 0 amide bonds. The van der Waals surface area contributed by atoms with E-state index in [1.807, 2.05) is 0 Å². The van der Waals surface area contributed by atoms with Gasteiger partial charge in [0.05, 0.1) is 17.5 Å². The third kappa shape index (κ3) is 2.37. The normalized spacial score (nSPS) is 11.7. The predicted molar refractivity (Wildman–Crippen MR) is 65.0 cm³/mol. The number of aromatic nitrogens is 4. The molecular formula is C9H9BrN4O2S. The standard InChI is InChI=1S/C9H9BrN4O2S/c1-14-8(10)6(5-12-14)7-3-4-11-9(13-7)17(2,15)16/h3-5H,1-2H3. The molecule has 0 spiro atoms. The van der Waals surface area contributed by atoms with E-state index in [9.17, 15) is 8.42 Å². The molecule has 0 fully saturated rings. The Labute approximate surface area is 107 Å². The van der Waals surface area contributed by atoms with Crippen LogP contribution in [0.1, 0.15) is 0 Å². The van der Waals surface area contributed by atoms with E-state index in [0.29, 0.717) is 5.69 Å². The fourth-order valence-electron chi connectivity index (χ4n) is 1.26. The highest BCUT2D eigenvalue weighted by Crippen LogP contribution is 2.25. The van der Waals surface area contributed by atoms with Crippen LogP contribution in [0.15, 0.2) is 28.2 Å². The van der Waals surface area contributed by atoms with Crippen molar-refractivity contribution in [1.82, 2.24) is 19.7 Å². The molecule has 0 bridgehead atoms. The first-order chi connectivity index (χ1) is 7.89. The molecule has 0 radical (unpaired) electrons. The zero-order valence-corrected chi connectivity index (χ0v) is 11.5.